The zero-order valence-electron chi connectivity index (χ0n) is 14.5. The Labute approximate surface area is 146 Å². The van der Waals surface area contributed by atoms with Crippen LogP contribution in [0.2, 0.25) is 0 Å². The van der Waals surface area contributed by atoms with Crippen molar-refractivity contribution < 1.29 is 4.74 Å². The Morgan fingerprint density at radius 1 is 1.28 bits per heavy atom. The minimum atomic E-state index is 0.380. The lowest BCUT2D eigenvalue weighted by Gasteiger charge is -2.29. The fraction of sp³-hybridized carbons (Fsp3) is 0.444. The molecule has 7 nitrogen and oxygen atoms in total. The lowest BCUT2D eigenvalue weighted by molar-refractivity contribution is 0.103. The van der Waals surface area contributed by atoms with Gasteiger partial charge < -0.3 is 9.64 Å². The summed E-state index contributed by atoms with van der Waals surface area (Å²) >= 11 is 0. The van der Waals surface area contributed by atoms with Crippen LogP contribution in [0.4, 0.5) is 0 Å². The molecule has 25 heavy (non-hydrogen) atoms. The number of nitrogens with one attached hydrogen (secondary N) is 1. The third-order valence-corrected chi connectivity index (χ3v) is 4.99. The van der Waals surface area contributed by atoms with Crippen LogP contribution in [0.1, 0.15) is 30.5 Å². The van der Waals surface area contributed by atoms with Crippen molar-refractivity contribution in [2.75, 3.05) is 13.7 Å². The number of H-pyrrole nitrogens is 1. The lowest BCUT2D eigenvalue weighted by atomic mass is 10.1. The Kier molecular flexibility index (Phi) is 4.31. The summed E-state index contributed by atoms with van der Waals surface area (Å²) in [4.78, 5) is 15.8. The molecule has 0 saturated heterocycles. The van der Waals surface area contributed by atoms with Gasteiger partial charge in [-0.2, -0.15) is 5.10 Å². The van der Waals surface area contributed by atoms with Crippen LogP contribution in [0.5, 0.6) is 0 Å². The van der Waals surface area contributed by atoms with Gasteiger partial charge in [-0.3, -0.25) is 10.1 Å². The van der Waals surface area contributed by atoms with Gasteiger partial charge >= 0.3 is 0 Å². The van der Waals surface area contributed by atoms with Gasteiger partial charge in [0.2, 0.25) is 0 Å². The molecule has 0 spiro atoms. The fourth-order valence-corrected chi connectivity index (χ4v) is 3.60. The molecule has 2 atom stereocenters. The fourth-order valence-electron chi connectivity index (χ4n) is 3.60. The monoisotopic (exact) mass is 338 g/mol. The summed E-state index contributed by atoms with van der Waals surface area (Å²) in [5.74, 6) is 0.675. The van der Waals surface area contributed by atoms with E-state index < -0.39 is 0 Å². The van der Waals surface area contributed by atoms with Crippen LogP contribution in [0.15, 0.2) is 29.7 Å². The number of nitrogens with zero attached hydrogens (tertiary/aromatic N) is 5. The van der Waals surface area contributed by atoms with E-state index in [1.165, 1.54) is 6.33 Å². The van der Waals surface area contributed by atoms with E-state index in [1.54, 1.807) is 7.11 Å². The van der Waals surface area contributed by atoms with Gasteiger partial charge in [-0.1, -0.05) is 0 Å². The summed E-state index contributed by atoms with van der Waals surface area (Å²) < 4.78 is 5.51. The number of rotatable bonds is 4. The van der Waals surface area contributed by atoms with Crippen molar-refractivity contribution in [2.24, 2.45) is 4.99 Å². The molecule has 0 aromatic carbocycles. The van der Waals surface area contributed by atoms with Crippen molar-refractivity contribution in [1.29, 1.82) is 0 Å². The molecule has 1 N–H and O–H groups in total. The topological polar surface area (TPSA) is 79.3 Å². The quantitative estimate of drug-likeness (QED) is 0.926. The van der Waals surface area contributed by atoms with E-state index in [0.717, 1.165) is 48.5 Å². The predicted molar refractivity (Wildman–Crippen MR) is 96.0 cm³/mol. The average molecular weight is 338 g/mol. The standard InChI is InChI=1S/C18H22N6O/c1-12-15(5-6-16(22-12)18-20-11-21-23-18)17-10-24(8-7-19-17)13-3-4-14(9-13)25-2/h5-7,10-11,13-14H,3-4,8-9H2,1-2H3,(H,20,21,23)/t13-,14+/m0/s1. The SMILES string of the molecule is CO[C@@H]1CC[C@H](N2C=C(c3ccc(-c4ncn[nH]4)nc3C)N=CC2)C1. The number of pyridine rings is 1. The van der Waals surface area contributed by atoms with E-state index in [-0.39, 0.29) is 0 Å². The van der Waals surface area contributed by atoms with Crippen LogP contribution in [-0.4, -0.2) is 57.1 Å². The molecule has 0 bridgehead atoms. The minimum Gasteiger partial charge on any atom is -0.381 e. The van der Waals surface area contributed by atoms with E-state index in [1.807, 2.05) is 19.2 Å². The molecule has 2 aromatic heterocycles. The second-order valence-corrected chi connectivity index (χ2v) is 6.51. The summed E-state index contributed by atoms with van der Waals surface area (Å²) in [6.45, 7) is 2.86. The van der Waals surface area contributed by atoms with Crippen LogP contribution >= 0.6 is 0 Å². The highest BCUT2D eigenvalue weighted by atomic mass is 16.5. The molecule has 2 aliphatic rings. The molecular weight excluding hydrogens is 316 g/mol. The normalized spacial score (nSPS) is 23.1. The van der Waals surface area contributed by atoms with Crippen LogP contribution < -0.4 is 0 Å². The van der Waals surface area contributed by atoms with Gasteiger partial charge in [-0.15, -0.1) is 0 Å². The third-order valence-electron chi connectivity index (χ3n) is 4.99. The molecule has 0 unspecified atom stereocenters. The molecule has 130 valence electrons. The highest BCUT2D eigenvalue weighted by Gasteiger charge is 2.28. The largest absolute Gasteiger partial charge is 0.381 e. The number of hydrogen-bond donors (Lipinski definition) is 1. The average Bonchev–Trinajstić information content (AvgIpc) is 3.33. The first-order valence-corrected chi connectivity index (χ1v) is 8.61. The van der Waals surface area contributed by atoms with Crippen molar-refractivity contribution >= 4 is 11.9 Å². The number of aliphatic imine (C=N–C) groups is 1. The van der Waals surface area contributed by atoms with E-state index in [4.69, 9.17) is 4.74 Å². The first kappa shape index (κ1) is 16.0. The van der Waals surface area contributed by atoms with Gasteiger partial charge in [0.1, 0.15) is 12.0 Å². The van der Waals surface area contributed by atoms with Gasteiger partial charge in [0.05, 0.1) is 18.3 Å². The zero-order chi connectivity index (χ0) is 17.2. The van der Waals surface area contributed by atoms with Crippen LogP contribution in [0, 0.1) is 6.92 Å². The van der Waals surface area contributed by atoms with Crippen LogP contribution in [0.25, 0.3) is 17.2 Å². The van der Waals surface area contributed by atoms with E-state index in [2.05, 4.69) is 42.3 Å². The maximum atomic E-state index is 5.51. The lowest BCUT2D eigenvalue weighted by Crippen LogP contribution is -2.32. The molecule has 1 aliphatic heterocycles. The number of aromatic nitrogens is 4. The molecule has 2 aromatic rings. The van der Waals surface area contributed by atoms with Crippen molar-refractivity contribution in [3.63, 3.8) is 0 Å². The summed E-state index contributed by atoms with van der Waals surface area (Å²) in [5, 5.41) is 6.73. The minimum absolute atomic E-state index is 0.380. The summed E-state index contributed by atoms with van der Waals surface area (Å²) in [6.07, 6.45) is 9.39. The Balaban J connectivity index is 1.57. The van der Waals surface area contributed by atoms with Gasteiger partial charge in [-0.25, -0.2) is 9.97 Å². The maximum Gasteiger partial charge on any atom is 0.174 e. The third kappa shape index (κ3) is 3.19. The predicted octanol–water partition coefficient (Wildman–Crippen LogP) is 2.43. The first-order chi connectivity index (χ1) is 12.2. The van der Waals surface area contributed by atoms with Gasteiger partial charge in [-0.05, 0) is 38.3 Å². The van der Waals surface area contributed by atoms with Gasteiger partial charge in [0.15, 0.2) is 5.82 Å². The summed E-state index contributed by atoms with van der Waals surface area (Å²) in [5.41, 5.74) is 3.72. The summed E-state index contributed by atoms with van der Waals surface area (Å²) in [7, 11) is 1.80. The van der Waals surface area contributed by atoms with Gasteiger partial charge in [0, 0.05) is 36.8 Å². The molecule has 7 heteroatoms. The van der Waals surface area contributed by atoms with Crippen molar-refractivity contribution in [2.45, 2.75) is 38.3 Å². The highest BCUT2D eigenvalue weighted by Crippen LogP contribution is 2.30. The summed E-state index contributed by atoms with van der Waals surface area (Å²) in [6, 6.07) is 4.53. The van der Waals surface area contributed by atoms with E-state index in [0.29, 0.717) is 18.0 Å². The smallest absolute Gasteiger partial charge is 0.174 e. The molecule has 4 rings (SSSR count). The molecule has 0 amide bonds. The molecule has 0 radical (unpaired) electrons. The maximum absolute atomic E-state index is 5.51. The number of methoxy groups -OCH3 is 1. The Bertz CT molecular complexity index is 798. The molecular formula is C18H22N6O. The Hall–Kier alpha value is -2.54. The first-order valence-electron chi connectivity index (χ1n) is 8.61. The van der Waals surface area contributed by atoms with E-state index >= 15 is 0 Å². The second-order valence-electron chi connectivity index (χ2n) is 6.51. The zero-order valence-corrected chi connectivity index (χ0v) is 14.5. The van der Waals surface area contributed by atoms with E-state index in [9.17, 15) is 0 Å². The van der Waals surface area contributed by atoms with Crippen LogP contribution in [0.3, 0.4) is 0 Å². The van der Waals surface area contributed by atoms with Crippen molar-refractivity contribution in [3.8, 4) is 11.5 Å². The number of aryl methyl sites for hydroxylation is 1. The van der Waals surface area contributed by atoms with Gasteiger partial charge in [0.25, 0.3) is 0 Å². The molecule has 1 saturated carbocycles. The number of aromatic amines is 1. The second kappa shape index (κ2) is 6.76. The van der Waals surface area contributed by atoms with Crippen molar-refractivity contribution in [1.82, 2.24) is 25.1 Å². The van der Waals surface area contributed by atoms with Crippen LogP contribution in [-0.2, 0) is 4.74 Å². The molecule has 1 fully saturated rings. The Morgan fingerprint density at radius 2 is 2.20 bits per heavy atom. The Morgan fingerprint density at radius 3 is 2.92 bits per heavy atom. The number of hydrogen-bond acceptors (Lipinski definition) is 6. The van der Waals surface area contributed by atoms with Crippen molar-refractivity contribution in [3.05, 3.63) is 35.9 Å². The highest BCUT2D eigenvalue weighted by molar-refractivity contribution is 5.78. The number of ether oxygens (including phenoxy) is 1. The molecule has 1 aliphatic carbocycles. The molecule has 3 heterocycles.